The van der Waals surface area contributed by atoms with Crippen molar-refractivity contribution in [2.24, 2.45) is 0 Å². The van der Waals surface area contributed by atoms with Gasteiger partial charge in [-0.3, -0.25) is 4.79 Å². The quantitative estimate of drug-likeness (QED) is 0.508. The van der Waals surface area contributed by atoms with Gasteiger partial charge in [-0.2, -0.15) is 0 Å². The number of phenolic OH excluding ortho intramolecular Hbond substituents is 1. The largest absolute Gasteiger partial charge is 0.504 e. The molecule has 3 aromatic rings. The molecule has 0 radical (unpaired) electrons. The van der Waals surface area contributed by atoms with Gasteiger partial charge in [-0.15, -0.1) is 0 Å². The first-order valence-corrected chi connectivity index (χ1v) is 11.5. The number of ether oxygens (including phenoxy) is 1. The number of piperidine rings is 1. The number of aromatic hydroxyl groups is 1. The molecule has 3 N–H and O–H groups in total. The van der Waals surface area contributed by atoms with Gasteiger partial charge in [-0.1, -0.05) is 32.0 Å². The van der Waals surface area contributed by atoms with E-state index < -0.39 is 17.1 Å². The molecular weight excluding hydrogens is 404 g/mol. The molecule has 4 atom stereocenters. The molecule has 2 aliphatic carbocycles. The number of likely N-dealkylation sites (N-methyl/N-ethyl adjacent to an activating group) is 1. The molecule has 1 saturated heterocycles. The number of nitrogens with one attached hydrogen (secondary N) is 1. The summed E-state index contributed by atoms with van der Waals surface area (Å²) in [6, 6.07) is 11.0. The van der Waals surface area contributed by atoms with Crippen molar-refractivity contribution in [1.29, 1.82) is 0 Å². The molecule has 0 amide bonds. The molecular formula is C26H28N2O4. The van der Waals surface area contributed by atoms with Crippen molar-refractivity contribution in [3.63, 3.8) is 0 Å². The molecule has 6 nitrogen and oxygen atoms in total. The highest BCUT2D eigenvalue weighted by molar-refractivity contribution is 5.80. The van der Waals surface area contributed by atoms with Gasteiger partial charge in [0.15, 0.2) is 23.0 Å². The van der Waals surface area contributed by atoms with Crippen LogP contribution >= 0.6 is 0 Å². The molecule has 0 unspecified atom stereocenters. The van der Waals surface area contributed by atoms with Gasteiger partial charge in [0, 0.05) is 34.5 Å². The third kappa shape index (κ3) is 2.05. The molecule has 3 heterocycles. The lowest BCUT2D eigenvalue weighted by molar-refractivity contribution is -0.168. The van der Waals surface area contributed by atoms with Crippen molar-refractivity contribution < 1.29 is 14.9 Å². The molecule has 1 fully saturated rings. The van der Waals surface area contributed by atoms with E-state index in [1.807, 2.05) is 51.2 Å². The lowest BCUT2D eigenvalue weighted by atomic mass is 9.49. The van der Waals surface area contributed by atoms with Gasteiger partial charge < -0.3 is 24.8 Å². The first-order chi connectivity index (χ1) is 15.5. The minimum absolute atomic E-state index is 0.0436. The van der Waals surface area contributed by atoms with Crippen molar-refractivity contribution in [3.05, 3.63) is 69.0 Å². The maximum Gasteiger partial charge on any atom is 0.193 e. The highest BCUT2D eigenvalue weighted by atomic mass is 16.5. The Morgan fingerprint density at radius 3 is 2.78 bits per heavy atom. The predicted octanol–water partition coefficient (Wildman–Crippen LogP) is 3.18. The van der Waals surface area contributed by atoms with Gasteiger partial charge in [-0.05, 0) is 50.2 Å². The summed E-state index contributed by atoms with van der Waals surface area (Å²) in [4.78, 5) is 19.2. The second-order valence-electron chi connectivity index (χ2n) is 9.36. The van der Waals surface area contributed by atoms with Crippen LogP contribution in [0.2, 0.25) is 0 Å². The number of phenols is 1. The van der Waals surface area contributed by atoms with Gasteiger partial charge in [0.1, 0.15) is 0 Å². The highest BCUT2D eigenvalue weighted by Crippen LogP contribution is 2.68. The number of nitrogens with zero attached hydrogens (tertiary/aromatic N) is 1. The number of hydrogen-bond donors (Lipinski definition) is 3. The average molecular weight is 433 g/mol. The Labute approximate surface area is 186 Å². The van der Waals surface area contributed by atoms with Crippen LogP contribution in [0, 0.1) is 0 Å². The molecule has 0 saturated carbocycles. The number of pyridine rings is 1. The molecule has 2 aliphatic heterocycles. The van der Waals surface area contributed by atoms with Gasteiger partial charge in [0.25, 0.3) is 0 Å². The van der Waals surface area contributed by atoms with E-state index in [-0.39, 0.29) is 23.6 Å². The summed E-state index contributed by atoms with van der Waals surface area (Å²) < 4.78 is 6.44. The zero-order valence-electron chi connectivity index (χ0n) is 18.6. The normalized spacial score (nSPS) is 31.2. The Balaban J connectivity index is 0.000000953. The molecule has 2 bridgehead atoms. The first kappa shape index (κ1) is 19.8. The van der Waals surface area contributed by atoms with E-state index in [2.05, 4.69) is 9.88 Å². The average Bonchev–Trinajstić information content (AvgIpc) is 3.16. The summed E-state index contributed by atoms with van der Waals surface area (Å²) in [5.41, 5.74) is 2.33. The maximum atomic E-state index is 13.5. The molecule has 1 spiro atoms. The Morgan fingerprint density at radius 1 is 1.19 bits per heavy atom. The number of H-pyrrole nitrogens is 1. The van der Waals surface area contributed by atoms with E-state index in [1.165, 1.54) is 0 Å². The zero-order chi connectivity index (χ0) is 22.4. The second-order valence-corrected chi connectivity index (χ2v) is 9.36. The minimum atomic E-state index is -1.14. The maximum absolute atomic E-state index is 13.5. The van der Waals surface area contributed by atoms with Gasteiger partial charge in [0.05, 0.1) is 16.7 Å². The Bertz CT molecular complexity index is 1330. The van der Waals surface area contributed by atoms with Crippen molar-refractivity contribution in [2.45, 2.75) is 56.3 Å². The van der Waals surface area contributed by atoms with Crippen LogP contribution in [0.15, 0.2) is 41.2 Å². The van der Waals surface area contributed by atoms with Crippen molar-refractivity contribution >= 4 is 10.9 Å². The number of fused-ring (bicyclic) bond motifs is 3. The Hall–Kier alpha value is -2.83. The summed E-state index contributed by atoms with van der Waals surface area (Å²) in [7, 11) is 2.05. The number of aliphatic hydroxyl groups is 1. The lowest BCUT2D eigenvalue weighted by Crippen LogP contribution is -2.74. The molecule has 7 rings (SSSR count). The van der Waals surface area contributed by atoms with Crippen LogP contribution in [0.1, 0.15) is 48.8 Å². The van der Waals surface area contributed by atoms with E-state index in [4.69, 9.17) is 4.74 Å². The summed E-state index contributed by atoms with van der Waals surface area (Å²) in [6.45, 7) is 4.83. The topological polar surface area (TPSA) is 85.8 Å². The number of para-hydroxylation sites is 1. The summed E-state index contributed by atoms with van der Waals surface area (Å²) in [6.07, 6.45) is 1.14. The van der Waals surface area contributed by atoms with E-state index in [0.717, 1.165) is 28.9 Å². The Kier molecular flexibility index (Phi) is 3.94. The third-order valence-corrected chi connectivity index (χ3v) is 8.23. The molecule has 1 aromatic heterocycles. The SMILES string of the molecule is CC.CN1CC[C@]23c4c5ccc(O)c4O[C@H]2c2[nH]c4ccccc4c(=O)c2C[C@@]3(O)[C@H]1C5. The second kappa shape index (κ2) is 6.36. The molecule has 32 heavy (non-hydrogen) atoms. The van der Waals surface area contributed by atoms with Crippen molar-refractivity contribution in [1.82, 2.24) is 9.88 Å². The van der Waals surface area contributed by atoms with Gasteiger partial charge in [-0.25, -0.2) is 0 Å². The van der Waals surface area contributed by atoms with E-state index in [1.54, 1.807) is 6.07 Å². The van der Waals surface area contributed by atoms with Crippen LogP contribution in [0.3, 0.4) is 0 Å². The predicted molar refractivity (Wildman–Crippen MR) is 122 cm³/mol. The van der Waals surface area contributed by atoms with Crippen LogP contribution in [-0.2, 0) is 18.3 Å². The van der Waals surface area contributed by atoms with E-state index in [0.29, 0.717) is 29.5 Å². The van der Waals surface area contributed by atoms with Crippen molar-refractivity contribution in [3.8, 4) is 11.5 Å². The number of aromatic amines is 1. The van der Waals surface area contributed by atoms with Gasteiger partial charge >= 0.3 is 0 Å². The standard InChI is InChI=1S/C24H22N2O4.C2H6/c1-26-9-8-23-18-12-6-7-16(27)21(18)30-22(23)19-14(11-24(23,29)17(26)10-12)20(28)13-4-2-3-5-15(13)25-19;1-2/h2-7,17,22,27,29H,8-11H2,1H3,(H,25,28);1-2H3/t17-,22+,23+,24-;/m1./s1. The molecule has 6 heteroatoms. The molecule has 4 aliphatic rings. The summed E-state index contributed by atoms with van der Waals surface area (Å²) >= 11 is 0. The number of benzene rings is 2. The fourth-order valence-electron chi connectivity index (χ4n) is 6.91. The molecule has 166 valence electrons. The first-order valence-electron chi connectivity index (χ1n) is 11.5. The molecule has 2 aromatic carbocycles. The van der Waals surface area contributed by atoms with Crippen molar-refractivity contribution in [2.75, 3.05) is 13.6 Å². The highest BCUT2D eigenvalue weighted by Gasteiger charge is 2.72. The number of aromatic nitrogens is 1. The zero-order valence-corrected chi connectivity index (χ0v) is 18.6. The monoisotopic (exact) mass is 432 g/mol. The van der Waals surface area contributed by atoms with Crippen LogP contribution in [0.5, 0.6) is 11.5 Å². The van der Waals surface area contributed by atoms with E-state index in [9.17, 15) is 15.0 Å². The number of likely N-dealkylation sites (tertiary alicyclic amines) is 1. The van der Waals surface area contributed by atoms with E-state index >= 15 is 0 Å². The van der Waals surface area contributed by atoms with Gasteiger partial charge in [0.2, 0.25) is 0 Å². The lowest BCUT2D eigenvalue weighted by Gasteiger charge is -2.62. The number of hydrogen-bond acceptors (Lipinski definition) is 5. The summed E-state index contributed by atoms with van der Waals surface area (Å²) in [5.74, 6) is 0.572. The Morgan fingerprint density at radius 2 is 1.97 bits per heavy atom. The summed E-state index contributed by atoms with van der Waals surface area (Å²) in [5, 5.41) is 23.6. The fraction of sp³-hybridized carbons (Fsp3) is 0.423. The fourth-order valence-corrected chi connectivity index (χ4v) is 6.91. The van der Waals surface area contributed by atoms with Crippen LogP contribution in [0.25, 0.3) is 10.9 Å². The van der Waals surface area contributed by atoms with Crippen LogP contribution < -0.4 is 10.2 Å². The van der Waals surface area contributed by atoms with Crippen LogP contribution in [-0.4, -0.2) is 45.3 Å². The van der Waals surface area contributed by atoms with Crippen LogP contribution in [0.4, 0.5) is 0 Å². The third-order valence-electron chi connectivity index (χ3n) is 8.23. The number of rotatable bonds is 0. The smallest absolute Gasteiger partial charge is 0.193 e. The minimum Gasteiger partial charge on any atom is -0.504 e.